The molecule has 1 aromatic heterocycles. The lowest BCUT2D eigenvalue weighted by Gasteiger charge is -2.20. The Balaban J connectivity index is 1.84. The topological polar surface area (TPSA) is 67.5 Å². The zero-order valence-corrected chi connectivity index (χ0v) is 17.8. The fraction of sp³-hybridized carbons (Fsp3) is 0.391. The number of hydrogen-bond acceptors (Lipinski definition) is 5. The number of rotatable bonds is 8. The Morgan fingerprint density at radius 3 is 2.28 bits per heavy atom. The van der Waals surface area contributed by atoms with Gasteiger partial charge in [-0.05, 0) is 29.7 Å². The molecule has 154 valence electrons. The molecule has 0 fully saturated rings. The molecule has 1 N–H and O–H groups in total. The van der Waals surface area contributed by atoms with Crippen molar-refractivity contribution >= 4 is 10.9 Å². The molecule has 3 rings (SSSR count). The lowest BCUT2D eigenvalue weighted by molar-refractivity contribution is 0.264. The highest BCUT2D eigenvalue weighted by Crippen LogP contribution is 2.30. The highest BCUT2D eigenvalue weighted by molar-refractivity contribution is 5.81. The zero-order chi connectivity index (χ0) is 21.0. The molecule has 6 nitrogen and oxygen atoms in total. The monoisotopic (exact) mass is 395 g/mol. The Labute approximate surface area is 171 Å². The third-order valence-corrected chi connectivity index (χ3v) is 5.13. The number of ether oxygens (including phenoxy) is 2. The highest BCUT2D eigenvalue weighted by Gasteiger charge is 2.13. The van der Waals surface area contributed by atoms with E-state index < -0.39 is 0 Å². The van der Waals surface area contributed by atoms with Gasteiger partial charge in [-0.1, -0.05) is 45.0 Å². The molecule has 0 spiro atoms. The molecule has 0 saturated heterocycles. The van der Waals surface area contributed by atoms with Gasteiger partial charge in [-0.25, -0.2) is 4.98 Å². The minimum absolute atomic E-state index is 0.178. The summed E-state index contributed by atoms with van der Waals surface area (Å²) in [6, 6.07) is 12.1. The Morgan fingerprint density at radius 2 is 1.69 bits per heavy atom. The molecular formula is C23H29N3O3. The molecule has 0 unspecified atom stereocenters. The second kappa shape index (κ2) is 9.09. The first-order valence-electron chi connectivity index (χ1n) is 9.91. The van der Waals surface area contributed by atoms with Gasteiger partial charge in [0, 0.05) is 12.6 Å². The maximum absolute atomic E-state index is 12.6. The van der Waals surface area contributed by atoms with E-state index in [1.54, 1.807) is 26.4 Å². The Kier molecular flexibility index (Phi) is 6.54. The normalized spacial score (nSPS) is 11.4. The van der Waals surface area contributed by atoms with Gasteiger partial charge >= 0.3 is 0 Å². The zero-order valence-electron chi connectivity index (χ0n) is 17.8. The Bertz CT molecular complexity index is 1030. The molecule has 1 heterocycles. The summed E-state index contributed by atoms with van der Waals surface area (Å²) in [6.07, 6.45) is 0. The van der Waals surface area contributed by atoms with Gasteiger partial charge in [0.1, 0.15) is 5.82 Å². The molecular weight excluding hydrogens is 366 g/mol. The van der Waals surface area contributed by atoms with Crippen molar-refractivity contribution in [1.29, 1.82) is 0 Å². The fourth-order valence-corrected chi connectivity index (χ4v) is 3.35. The number of methoxy groups -OCH3 is 2. The number of benzene rings is 2. The van der Waals surface area contributed by atoms with Crippen molar-refractivity contribution in [3.8, 4) is 11.5 Å². The third kappa shape index (κ3) is 4.77. The quantitative estimate of drug-likeness (QED) is 0.622. The van der Waals surface area contributed by atoms with Crippen LogP contribution in [0.5, 0.6) is 11.5 Å². The minimum Gasteiger partial charge on any atom is -0.493 e. The molecule has 29 heavy (non-hydrogen) atoms. The minimum atomic E-state index is -0.178. The second-order valence-corrected chi connectivity index (χ2v) is 7.44. The molecule has 6 heteroatoms. The first-order chi connectivity index (χ1) is 13.9. The fourth-order valence-electron chi connectivity index (χ4n) is 3.35. The molecule has 0 atom stereocenters. The summed E-state index contributed by atoms with van der Waals surface area (Å²) in [7, 11) is 3.12. The Hall–Kier alpha value is -2.86. The molecule has 0 aliphatic heterocycles. The van der Waals surface area contributed by atoms with E-state index in [4.69, 9.17) is 9.47 Å². The summed E-state index contributed by atoms with van der Waals surface area (Å²) >= 11 is 0. The first-order valence-corrected chi connectivity index (χ1v) is 9.91. The maximum Gasteiger partial charge on any atom is 0.258 e. The van der Waals surface area contributed by atoms with Crippen LogP contribution in [0.3, 0.4) is 0 Å². The average molecular weight is 396 g/mol. The van der Waals surface area contributed by atoms with Crippen molar-refractivity contribution in [2.75, 3.05) is 20.8 Å². The lowest BCUT2D eigenvalue weighted by Crippen LogP contribution is -2.25. The largest absolute Gasteiger partial charge is 0.493 e. The predicted octanol–water partition coefficient (Wildman–Crippen LogP) is 4.09. The lowest BCUT2D eigenvalue weighted by atomic mass is 10.0. The van der Waals surface area contributed by atoms with Crippen molar-refractivity contribution in [2.24, 2.45) is 0 Å². The van der Waals surface area contributed by atoms with Crippen LogP contribution in [0.1, 0.15) is 43.6 Å². The van der Waals surface area contributed by atoms with Crippen LogP contribution in [0.2, 0.25) is 0 Å². The molecule has 3 aromatic rings. The van der Waals surface area contributed by atoms with E-state index in [2.05, 4.69) is 59.9 Å². The molecule has 2 aromatic carbocycles. The average Bonchev–Trinajstić information content (AvgIpc) is 2.72. The number of fused-ring (bicyclic) bond motifs is 1. The number of aromatic nitrogens is 2. The van der Waals surface area contributed by atoms with E-state index in [-0.39, 0.29) is 5.56 Å². The van der Waals surface area contributed by atoms with Gasteiger partial charge in [0.2, 0.25) is 0 Å². The number of hydrogen-bond donors (Lipinski definition) is 1. The van der Waals surface area contributed by atoms with Gasteiger partial charge in [-0.15, -0.1) is 0 Å². The van der Waals surface area contributed by atoms with E-state index in [0.29, 0.717) is 40.7 Å². The summed E-state index contributed by atoms with van der Waals surface area (Å²) in [5.74, 6) is 2.23. The SMILES string of the molecule is CCN(Cc1ccc(C(C)C)cc1)Cc1nc2cc(OC)c(OC)cc2c(=O)[nH]1. The van der Waals surface area contributed by atoms with Crippen LogP contribution < -0.4 is 15.0 Å². The van der Waals surface area contributed by atoms with Crippen LogP contribution in [0, 0.1) is 0 Å². The van der Waals surface area contributed by atoms with Crippen LogP contribution in [0.15, 0.2) is 41.2 Å². The van der Waals surface area contributed by atoms with E-state index in [1.165, 1.54) is 11.1 Å². The Morgan fingerprint density at radius 1 is 1.03 bits per heavy atom. The van der Waals surface area contributed by atoms with Gasteiger partial charge in [-0.2, -0.15) is 0 Å². The number of aromatic amines is 1. The molecule has 0 bridgehead atoms. The standard InChI is InChI=1S/C23H29N3O3/c1-6-26(13-16-7-9-17(10-8-16)15(2)3)14-22-24-19-12-21(29-5)20(28-4)11-18(19)23(27)25-22/h7-12,15H,6,13-14H2,1-5H3,(H,24,25,27). The number of H-pyrrole nitrogens is 1. The number of nitrogens with zero attached hydrogens (tertiary/aromatic N) is 2. The second-order valence-electron chi connectivity index (χ2n) is 7.44. The van der Waals surface area contributed by atoms with Gasteiger partial charge in [0.15, 0.2) is 11.5 Å². The van der Waals surface area contributed by atoms with E-state index >= 15 is 0 Å². The maximum atomic E-state index is 12.6. The predicted molar refractivity (Wildman–Crippen MR) is 116 cm³/mol. The van der Waals surface area contributed by atoms with Gasteiger partial charge in [0.05, 0.1) is 31.7 Å². The van der Waals surface area contributed by atoms with Crippen molar-refractivity contribution < 1.29 is 9.47 Å². The summed E-state index contributed by atoms with van der Waals surface area (Å²) in [5.41, 5.74) is 2.99. The smallest absolute Gasteiger partial charge is 0.258 e. The van der Waals surface area contributed by atoms with Gasteiger partial charge in [-0.3, -0.25) is 9.69 Å². The van der Waals surface area contributed by atoms with Crippen LogP contribution in [0.25, 0.3) is 10.9 Å². The van der Waals surface area contributed by atoms with E-state index in [1.807, 2.05) is 0 Å². The van der Waals surface area contributed by atoms with E-state index in [9.17, 15) is 4.79 Å². The molecule has 0 aliphatic carbocycles. The van der Waals surface area contributed by atoms with Crippen molar-refractivity contribution in [2.45, 2.75) is 39.8 Å². The summed E-state index contributed by atoms with van der Waals surface area (Å²) in [4.78, 5) is 22.4. The number of nitrogens with one attached hydrogen (secondary N) is 1. The molecule has 0 radical (unpaired) electrons. The molecule has 0 aliphatic rings. The van der Waals surface area contributed by atoms with Gasteiger partial charge in [0.25, 0.3) is 5.56 Å². The van der Waals surface area contributed by atoms with Gasteiger partial charge < -0.3 is 14.5 Å². The van der Waals surface area contributed by atoms with Crippen LogP contribution in [-0.4, -0.2) is 35.6 Å². The highest BCUT2D eigenvalue weighted by atomic mass is 16.5. The van der Waals surface area contributed by atoms with Crippen molar-refractivity contribution in [3.05, 3.63) is 63.7 Å². The first kappa shape index (κ1) is 20.9. The molecule has 0 saturated carbocycles. The summed E-state index contributed by atoms with van der Waals surface area (Å²) in [6.45, 7) is 8.69. The van der Waals surface area contributed by atoms with Crippen molar-refractivity contribution in [3.63, 3.8) is 0 Å². The van der Waals surface area contributed by atoms with Crippen LogP contribution in [0.4, 0.5) is 0 Å². The van der Waals surface area contributed by atoms with Crippen LogP contribution in [-0.2, 0) is 13.1 Å². The molecule has 0 amide bonds. The third-order valence-electron chi connectivity index (χ3n) is 5.13. The van der Waals surface area contributed by atoms with Crippen molar-refractivity contribution in [1.82, 2.24) is 14.9 Å². The van der Waals surface area contributed by atoms with Crippen LogP contribution >= 0.6 is 0 Å². The van der Waals surface area contributed by atoms with E-state index in [0.717, 1.165) is 13.1 Å². The summed E-state index contributed by atoms with van der Waals surface area (Å²) in [5, 5.41) is 0.485. The summed E-state index contributed by atoms with van der Waals surface area (Å²) < 4.78 is 10.6.